The standard InChI is InChI=1S/C34H49N5OSi/c1-34(2,3)41(5,6)40-23-22-37(4)27-14-15-30-29(24-27)33(36-32(35-30)26-12-13-26)39-20-16-25(17-21-39)28-10-7-8-11-31(28)38-18-9-19-38/h7-8,10-11,14-15,24-26H,9,12-13,16-23H2,1-6H3. The SMILES string of the molecule is CN(CCO[Si](C)(C)C(C)(C)C)c1ccc2nc(C3CC3)nc(N3CCC(c4ccccc4N4CCC4)CC3)c2c1. The highest BCUT2D eigenvalue weighted by atomic mass is 28.4. The van der Waals surface area contributed by atoms with Crippen LogP contribution in [-0.4, -0.2) is 64.7 Å². The van der Waals surface area contributed by atoms with E-state index in [2.05, 4.69) is 98.1 Å². The number of fused-ring (bicyclic) bond motifs is 1. The lowest BCUT2D eigenvalue weighted by Crippen LogP contribution is -2.42. The van der Waals surface area contributed by atoms with Crippen LogP contribution < -0.4 is 14.7 Å². The zero-order chi connectivity index (χ0) is 28.8. The summed E-state index contributed by atoms with van der Waals surface area (Å²) in [6.45, 7) is 17.7. The molecule has 0 amide bonds. The van der Waals surface area contributed by atoms with Crippen LogP contribution in [0.2, 0.25) is 18.1 Å². The maximum absolute atomic E-state index is 6.48. The van der Waals surface area contributed by atoms with Gasteiger partial charge in [-0.25, -0.2) is 9.97 Å². The fourth-order valence-electron chi connectivity index (χ4n) is 5.98. The Hall–Kier alpha value is -2.64. The summed E-state index contributed by atoms with van der Waals surface area (Å²) >= 11 is 0. The fourth-order valence-corrected chi connectivity index (χ4v) is 7.02. The van der Waals surface area contributed by atoms with Crippen LogP contribution in [0.25, 0.3) is 10.9 Å². The number of nitrogens with zero attached hydrogens (tertiary/aromatic N) is 5. The Morgan fingerprint density at radius 2 is 1.63 bits per heavy atom. The highest BCUT2D eigenvalue weighted by molar-refractivity contribution is 6.74. The number of aromatic nitrogens is 2. The molecule has 0 N–H and O–H groups in total. The summed E-state index contributed by atoms with van der Waals surface area (Å²) < 4.78 is 6.48. The van der Waals surface area contributed by atoms with E-state index in [9.17, 15) is 0 Å². The van der Waals surface area contributed by atoms with Crippen LogP contribution in [0, 0.1) is 0 Å². The quantitative estimate of drug-likeness (QED) is 0.247. The van der Waals surface area contributed by atoms with E-state index in [4.69, 9.17) is 14.4 Å². The van der Waals surface area contributed by atoms with Crippen LogP contribution in [0.4, 0.5) is 17.2 Å². The molecule has 2 aromatic carbocycles. The molecule has 7 heteroatoms. The lowest BCUT2D eigenvalue weighted by molar-refractivity contribution is 0.296. The second-order valence-corrected chi connectivity index (χ2v) is 18.9. The Bertz CT molecular complexity index is 1370. The van der Waals surface area contributed by atoms with Crippen LogP contribution >= 0.6 is 0 Å². The van der Waals surface area contributed by atoms with Crippen molar-refractivity contribution in [2.75, 3.05) is 61.1 Å². The number of benzene rings is 2. The van der Waals surface area contributed by atoms with Gasteiger partial charge in [0.1, 0.15) is 11.6 Å². The molecule has 0 bridgehead atoms. The van der Waals surface area contributed by atoms with E-state index in [0.29, 0.717) is 11.8 Å². The second kappa shape index (κ2) is 11.2. The van der Waals surface area contributed by atoms with Gasteiger partial charge in [-0.3, -0.25) is 0 Å². The molecule has 6 rings (SSSR count). The number of para-hydroxylation sites is 1. The van der Waals surface area contributed by atoms with Gasteiger partial charge >= 0.3 is 0 Å². The zero-order valence-electron chi connectivity index (χ0n) is 26.1. The molecule has 1 aromatic heterocycles. The predicted octanol–water partition coefficient (Wildman–Crippen LogP) is 7.56. The Morgan fingerprint density at radius 3 is 2.29 bits per heavy atom. The van der Waals surface area contributed by atoms with Crippen molar-refractivity contribution in [1.82, 2.24) is 9.97 Å². The van der Waals surface area contributed by atoms with Crippen LogP contribution in [0.1, 0.15) is 76.1 Å². The first-order chi connectivity index (χ1) is 19.6. The van der Waals surface area contributed by atoms with E-state index >= 15 is 0 Å². The van der Waals surface area contributed by atoms with E-state index in [1.54, 1.807) is 5.56 Å². The van der Waals surface area contributed by atoms with E-state index in [1.165, 1.54) is 62.0 Å². The summed E-state index contributed by atoms with van der Waals surface area (Å²) in [7, 11) is 0.422. The second-order valence-electron chi connectivity index (χ2n) is 14.1. The molecule has 2 aliphatic heterocycles. The van der Waals surface area contributed by atoms with Crippen molar-refractivity contribution in [3.63, 3.8) is 0 Å². The normalized spacial score (nSPS) is 18.6. The van der Waals surface area contributed by atoms with Crippen molar-refractivity contribution in [1.29, 1.82) is 0 Å². The van der Waals surface area contributed by atoms with Gasteiger partial charge in [-0.2, -0.15) is 0 Å². The summed E-state index contributed by atoms with van der Waals surface area (Å²) in [5, 5.41) is 1.41. The maximum Gasteiger partial charge on any atom is 0.192 e. The Kier molecular flexibility index (Phi) is 7.79. The minimum atomic E-state index is -1.75. The number of hydrogen-bond acceptors (Lipinski definition) is 6. The molecule has 3 heterocycles. The largest absolute Gasteiger partial charge is 0.415 e. The van der Waals surface area contributed by atoms with E-state index in [1.807, 2.05) is 0 Å². The first-order valence-corrected chi connectivity index (χ1v) is 18.8. The van der Waals surface area contributed by atoms with E-state index in [0.717, 1.165) is 43.4 Å². The van der Waals surface area contributed by atoms with Crippen molar-refractivity contribution < 1.29 is 4.43 Å². The number of hydrogen-bond donors (Lipinski definition) is 0. The lowest BCUT2D eigenvalue weighted by Gasteiger charge is -2.39. The van der Waals surface area contributed by atoms with Crippen LogP contribution in [0.3, 0.4) is 0 Å². The smallest absolute Gasteiger partial charge is 0.192 e. The number of piperidine rings is 1. The van der Waals surface area contributed by atoms with Gasteiger partial charge in [-0.1, -0.05) is 39.0 Å². The highest BCUT2D eigenvalue weighted by Gasteiger charge is 2.37. The molecular weight excluding hydrogens is 522 g/mol. The van der Waals surface area contributed by atoms with Crippen LogP contribution in [-0.2, 0) is 4.43 Å². The molecule has 220 valence electrons. The molecule has 3 aromatic rings. The summed E-state index contributed by atoms with van der Waals surface area (Å²) in [6.07, 6.45) is 6.08. The minimum Gasteiger partial charge on any atom is -0.415 e. The van der Waals surface area contributed by atoms with Gasteiger partial charge in [-0.05, 0) is 86.0 Å². The Balaban J connectivity index is 1.21. The highest BCUT2D eigenvalue weighted by Crippen LogP contribution is 2.42. The zero-order valence-corrected chi connectivity index (χ0v) is 27.1. The van der Waals surface area contributed by atoms with Gasteiger partial charge in [0, 0.05) is 62.5 Å². The van der Waals surface area contributed by atoms with Gasteiger partial charge in [0.25, 0.3) is 0 Å². The van der Waals surface area contributed by atoms with Crippen molar-refractivity contribution in [3.8, 4) is 0 Å². The summed E-state index contributed by atoms with van der Waals surface area (Å²) in [4.78, 5) is 17.7. The third-order valence-electron chi connectivity index (χ3n) is 10.1. The molecule has 1 saturated carbocycles. The molecule has 0 unspecified atom stereocenters. The molecule has 1 aliphatic carbocycles. The minimum absolute atomic E-state index is 0.227. The van der Waals surface area contributed by atoms with Crippen molar-refractivity contribution in [3.05, 3.63) is 53.9 Å². The Labute approximate surface area is 248 Å². The van der Waals surface area contributed by atoms with Crippen molar-refractivity contribution >= 4 is 36.4 Å². The Morgan fingerprint density at radius 1 is 0.902 bits per heavy atom. The molecule has 3 fully saturated rings. The molecule has 6 nitrogen and oxygen atoms in total. The maximum atomic E-state index is 6.48. The van der Waals surface area contributed by atoms with Gasteiger partial charge in [0.15, 0.2) is 8.32 Å². The molecule has 0 radical (unpaired) electrons. The predicted molar refractivity (Wildman–Crippen MR) is 175 cm³/mol. The monoisotopic (exact) mass is 571 g/mol. The molecule has 41 heavy (non-hydrogen) atoms. The average Bonchev–Trinajstić information content (AvgIpc) is 3.77. The van der Waals surface area contributed by atoms with Gasteiger partial charge in [0.05, 0.1) is 12.1 Å². The lowest BCUT2D eigenvalue weighted by atomic mass is 9.87. The number of likely N-dealkylation sites (N-methyl/N-ethyl adjacent to an activating group) is 1. The first-order valence-electron chi connectivity index (χ1n) is 15.9. The molecule has 2 saturated heterocycles. The van der Waals surface area contributed by atoms with Crippen molar-refractivity contribution in [2.24, 2.45) is 0 Å². The number of rotatable bonds is 9. The summed E-state index contributed by atoms with van der Waals surface area (Å²) in [5.41, 5.74) is 5.29. The third-order valence-corrected chi connectivity index (χ3v) is 14.7. The van der Waals surface area contributed by atoms with E-state index in [-0.39, 0.29) is 5.04 Å². The fraction of sp³-hybridized carbons (Fsp3) is 0.588. The summed E-state index contributed by atoms with van der Waals surface area (Å²) in [6, 6.07) is 15.9. The molecule has 0 spiro atoms. The van der Waals surface area contributed by atoms with Gasteiger partial charge < -0.3 is 19.1 Å². The molecule has 3 aliphatic rings. The summed E-state index contributed by atoms with van der Waals surface area (Å²) in [5.74, 6) is 3.33. The third kappa shape index (κ3) is 5.98. The average molecular weight is 572 g/mol. The molecular formula is C34H49N5OSi. The number of anilines is 3. The van der Waals surface area contributed by atoms with Crippen molar-refractivity contribution in [2.45, 2.75) is 82.8 Å². The van der Waals surface area contributed by atoms with Crippen LogP contribution in [0.15, 0.2) is 42.5 Å². The van der Waals surface area contributed by atoms with Gasteiger partial charge in [0.2, 0.25) is 0 Å². The molecule has 0 atom stereocenters. The first kappa shape index (κ1) is 28.5. The van der Waals surface area contributed by atoms with E-state index < -0.39 is 8.32 Å². The topological polar surface area (TPSA) is 44.7 Å². The van der Waals surface area contributed by atoms with Gasteiger partial charge in [-0.15, -0.1) is 0 Å². The van der Waals surface area contributed by atoms with Crippen LogP contribution in [0.5, 0.6) is 0 Å².